The smallest absolute Gasteiger partial charge is 0.141 e. The third-order valence-corrected chi connectivity index (χ3v) is 3.07. The summed E-state index contributed by atoms with van der Waals surface area (Å²) in [5.74, 6) is -0.445. The van der Waals surface area contributed by atoms with Crippen LogP contribution in [-0.2, 0) is 0 Å². The average Bonchev–Trinajstić information content (AvgIpc) is 2.75. The zero-order valence-electron chi connectivity index (χ0n) is 9.24. The van der Waals surface area contributed by atoms with Crippen molar-refractivity contribution in [3.05, 3.63) is 47.2 Å². The van der Waals surface area contributed by atoms with Gasteiger partial charge in [-0.1, -0.05) is 11.6 Å². The quantitative estimate of drug-likeness (QED) is 0.658. The van der Waals surface area contributed by atoms with Crippen LogP contribution in [0.5, 0.6) is 0 Å². The predicted octanol–water partition coefficient (Wildman–Crippen LogP) is 3.60. The van der Waals surface area contributed by atoms with E-state index in [0.29, 0.717) is 11.4 Å². The van der Waals surface area contributed by atoms with Crippen molar-refractivity contribution >= 4 is 28.2 Å². The SMILES string of the molecule is Nc1ccc2[nH]nc(-c3ccc(F)c(Cl)c3)c2c1. The number of nitrogens with one attached hydrogen (secondary N) is 1. The van der Waals surface area contributed by atoms with E-state index in [0.717, 1.165) is 16.5 Å². The van der Waals surface area contributed by atoms with Gasteiger partial charge in [0.15, 0.2) is 0 Å². The Morgan fingerprint density at radius 1 is 1.17 bits per heavy atom. The van der Waals surface area contributed by atoms with Gasteiger partial charge in [0.2, 0.25) is 0 Å². The first kappa shape index (κ1) is 11.0. The molecule has 3 N–H and O–H groups in total. The number of fused-ring (bicyclic) bond motifs is 1. The van der Waals surface area contributed by atoms with Crippen molar-refractivity contribution in [3.8, 4) is 11.3 Å². The monoisotopic (exact) mass is 261 g/mol. The summed E-state index contributed by atoms with van der Waals surface area (Å²) in [6.45, 7) is 0. The van der Waals surface area contributed by atoms with Crippen LogP contribution in [0.3, 0.4) is 0 Å². The zero-order chi connectivity index (χ0) is 12.7. The molecule has 3 nitrogen and oxygen atoms in total. The fraction of sp³-hybridized carbons (Fsp3) is 0. The first-order valence-electron chi connectivity index (χ1n) is 5.34. The van der Waals surface area contributed by atoms with Crippen LogP contribution in [-0.4, -0.2) is 10.2 Å². The van der Waals surface area contributed by atoms with Crippen molar-refractivity contribution < 1.29 is 4.39 Å². The van der Waals surface area contributed by atoms with Gasteiger partial charge in [-0.3, -0.25) is 5.10 Å². The van der Waals surface area contributed by atoms with E-state index < -0.39 is 5.82 Å². The standard InChI is InChI=1S/C13H9ClFN3/c14-10-5-7(1-3-11(10)15)13-9-6-8(16)2-4-12(9)17-18-13/h1-6H,16H2,(H,17,18). The van der Waals surface area contributed by atoms with Crippen LogP contribution >= 0.6 is 11.6 Å². The van der Waals surface area contributed by atoms with Crippen LogP contribution in [0.1, 0.15) is 0 Å². The molecular weight excluding hydrogens is 253 g/mol. The van der Waals surface area contributed by atoms with E-state index in [2.05, 4.69) is 10.2 Å². The highest BCUT2D eigenvalue weighted by molar-refractivity contribution is 6.31. The lowest BCUT2D eigenvalue weighted by Crippen LogP contribution is -1.84. The molecule has 0 saturated carbocycles. The number of nitrogens with two attached hydrogens (primary N) is 1. The summed E-state index contributed by atoms with van der Waals surface area (Å²) < 4.78 is 13.1. The number of hydrogen-bond acceptors (Lipinski definition) is 2. The predicted molar refractivity (Wildman–Crippen MR) is 70.9 cm³/mol. The first-order chi connectivity index (χ1) is 8.65. The average molecular weight is 262 g/mol. The van der Waals surface area contributed by atoms with Crippen LogP contribution in [0.25, 0.3) is 22.2 Å². The highest BCUT2D eigenvalue weighted by Crippen LogP contribution is 2.30. The van der Waals surface area contributed by atoms with Crippen molar-refractivity contribution in [2.45, 2.75) is 0 Å². The van der Waals surface area contributed by atoms with Gasteiger partial charge < -0.3 is 5.73 Å². The Labute approximate surface area is 107 Å². The number of nitrogens with zero attached hydrogens (tertiary/aromatic N) is 1. The maximum absolute atomic E-state index is 13.1. The molecule has 0 spiro atoms. The third kappa shape index (κ3) is 1.71. The molecule has 2 aromatic carbocycles. The normalized spacial score (nSPS) is 11.0. The summed E-state index contributed by atoms with van der Waals surface area (Å²) in [5, 5.41) is 8.08. The summed E-state index contributed by atoms with van der Waals surface area (Å²) in [6.07, 6.45) is 0. The highest BCUT2D eigenvalue weighted by Gasteiger charge is 2.10. The molecule has 1 aromatic heterocycles. The topological polar surface area (TPSA) is 54.7 Å². The van der Waals surface area contributed by atoms with E-state index in [-0.39, 0.29) is 5.02 Å². The number of anilines is 1. The van der Waals surface area contributed by atoms with Gasteiger partial charge in [-0.05, 0) is 36.4 Å². The van der Waals surface area contributed by atoms with Crippen LogP contribution in [0, 0.1) is 5.82 Å². The molecule has 5 heteroatoms. The van der Waals surface area contributed by atoms with Gasteiger partial charge in [0.1, 0.15) is 11.5 Å². The number of aromatic nitrogens is 2. The van der Waals surface area contributed by atoms with Crippen LogP contribution in [0.15, 0.2) is 36.4 Å². The number of halogens is 2. The van der Waals surface area contributed by atoms with E-state index in [1.807, 2.05) is 12.1 Å². The van der Waals surface area contributed by atoms with Crippen molar-refractivity contribution in [2.75, 3.05) is 5.73 Å². The van der Waals surface area contributed by atoms with Crippen molar-refractivity contribution in [1.82, 2.24) is 10.2 Å². The van der Waals surface area contributed by atoms with E-state index in [9.17, 15) is 4.39 Å². The van der Waals surface area contributed by atoms with Gasteiger partial charge in [-0.2, -0.15) is 5.10 Å². The Kier molecular flexibility index (Phi) is 2.45. The lowest BCUT2D eigenvalue weighted by atomic mass is 10.1. The fourth-order valence-electron chi connectivity index (χ4n) is 1.90. The number of nitrogen functional groups attached to an aromatic ring is 1. The molecule has 0 atom stereocenters. The minimum atomic E-state index is -0.445. The molecule has 0 radical (unpaired) electrons. The third-order valence-electron chi connectivity index (χ3n) is 2.78. The molecule has 0 saturated heterocycles. The Hall–Kier alpha value is -2.07. The molecule has 0 aliphatic carbocycles. The number of aromatic amines is 1. The molecule has 1 heterocycles. The number of benzene rings is 2. The molecule has 0 unspecified atom stereocenters. The minimum absolute atomic E-state index is 0.0764. The summed E-state index contributed by atoms with van der Waals surface area (Å²) in [4.78, 5) is 0. The molecule has 0 bridgehead atoms. The van der Waals surface area contributed by atoms with Crippen molar-refractivity contribution in [3.63, 3.8) is 0 Å². The second kappa shape index (κ2) is 3.99. The van der Waals surface area contributed by atoms with Crippen LogP contribution in [0.4, 0.5) is 10.1 Å². The Morgan fingerprint density at radius 3 is 2.78 bits per heavy atom. The summed E-state index contributed by atoms with van der Waals surface area (Å²) in [5.41, 5.74) is 8.74. The molecule has 18 heavy (non-hydrogen) atoms. The van der Waals surface area contributed by atoms with E-state index in [1.165, 1.54) is 6.07 Å². The molecule has 0 fully saturated rings. The fourth-order valence-corrected chi connectivity index (χ4v) is 2.08. The van der Waals surface area contributed by atoms with Gasteiger partial charge in [-0.25, -0.2) is 4.39 Å². The van der Waals surface area contributed by atoms with Gasteiger partial charge in [0, 0.05) is 16.6 Å². The number of hydrogen-bond donors (Lipinski definition) is 2. The second-order valence-corrected chi connectivity index (χ2v) is 4.41. The summed E-state index contributed by atoms with van der Waals surface area (Å²) >= 11 is 5.78. The van der Waals surface area contributed by atoms with E-state index in [4.69, 9.17) is 17.3 Å². The number of H-pyrrole nitrogens is 1. The zero-order valence-corrected chi connectivity index (χ0v) is 10.0. The Balaban J connectivity index is 2.24. The lowest BCUT2D eigenvalue weighted by molar-refractivity contribution is 0.628. The van der Waals surface area contributed by atoms with Crippen molar-refractivity contribution in [2.24, 2.45) is 0 Å². The van der Waals surface area contributed by atoms with Gasteiger partial charge in [0.25, 0.3) is 0 Å². The number of rotatable bonds is 1. The molecule has 90 valence electrons. The van der Waals surface area contributed by atoms with Crippen molar-refractivity contribution in [1.29, 1.82) is 0 Å². The van der Waals surface area contributed by atoms with E-state index in [1.54, 1.807) is 18.2 Å². The lowest BCUT2D eigenvalue weighted by Gasteiger charge is -2.00. The molecule has 3 rings (SSSR count). The molecule has 3 aromatic rings. The maximum Gasteiger partial charge on any atom is 0.141 e. The van der Waals surface area contributed by atoms with Crippen LogP contribution in [0.2, 0.25) is 5.02 Å². The van der Waals surface area contributed by atoms with E-state index >= 15 is 0 Å². The second-order valence-electron chi connectivity index (χ2n) is 4.01. The maximum atomic E-state index is 13.1. The summed E-state index contributed by atoms with van der Waals surface area (Å²) in [7, 11) is 0. The van der Waals surface area contributed by atoms with Crippen LogP contribution < -0.4 is 5.73 Å². The van der Waals surface area contributed by atoms with Gasteiger partial charge in [-0.15, -0.1) is 0 Å². The van der Waals surface area contributed by atoms with Gasteiger partial charge in [0.05, 0.1) is 10.5 Å². The summed E-state index contributed by atoms with van der Waals surface area (Å²) in [6, 6.07) is 9.99. The minimum Gasteiger partial charge on any atom is -0.399 e. The molecule has 0 aliphatic heterocycles. The Morgan fingerprint density at radius 2 is 2.00 bits per heavy atom. The van der Waals surface area contributed by atoms with Gasteiger partial charge >= 0.3 is 0 Å². The first-order valence-corrected chi connectivity index (χ1v) is 5.72. The molecular formula is C13H9ClFN3. The Bertz CT molecular complexity index is 736. The molecule has 0 amide bonds. The highest BCUT2D eigenvalue weighted by atomic mass is 35.5. The largest absolute Gasteiger partial charge is 0.399 e. The molecule has 0 aliphatic rings.